The van der Waals surface area contributed by atoms with Gasteiger partial charge in [-0.1, -0.05) is 30.3 Å². The number of hydrogen-bond acceptors (Lipinski definition) is 3. The summed E-state index contributed by atoms with van der Waals surface area (Å²) >= 11 is 0. The Labute approximate surface area is 149 Å². The number of amides is 1. The average Bonchev–Trinajstić information content (AvgIpc) is 2.62. The molecule has 0 spiro atoms. The molecule has 0 bridgehead atoms. The second kappa shape index (κ2) is 7.78. The third-order valence-corrected chi connectivity index (χ3v) is 4.15. The molecular formula is C19H19F3N2O2. The number of halogens is 3. The molecule has 1 heterocycles. The molecule has 1 aliphatic rings. The van der Waals surface area contributed by atoms with Crippen LogP contribution in [0, 0.1) is 0 Å². The van der Waals surface area contributed by atoms with E-state index in [1.54, 1.807) is 6.07 Å². The number of nitrogens with one attached hydrogen (secondary N) is 1. The van der Waals surface area contributed by atoms with Gasteiger partial charge in [0.1, 0.15) is 0 Å². The molecule has 138 valence electrons. The van der Waals surface area contributed by atoms with Crippen LogP contribution in [0.2, 0.25) is 0 Å². The second-order valence-corrected chi connectivity index (χ2v) is 6.04. The molecule has 2 aromatic rings. The lowest BCUT2D eigenvalue weighted by Gasteiger charge is -2.30. The SMILES string of the molecule is O=C(Cc1cccc(C(F)(F)F)c1)Nc1ccccc1N1CCOCC1. The van der Waals surface area contributed by atoms with Crippen LogP contribution in [0.3, 0.4) is 0 Å². The smallest absolute Gasteiger partial charge is 0.378 e. The molecule has 0 aromatic heterocycles. The third kappa shape index (κ3) is 4.54. The fourth-order valence-electron chi connectivity index (χ4n) is 2.90. The van der Waals surface area contributed by atoms with Crippen molar-refractivity contribution in [3.63, 3.8) is 0 Å². The Morgan fingerprint density at radius 1 is 1.08 bits per heavy atom. The van der Waals surface area contributed by atoms with E-state index in [1.165, 1.54) is 12.1 Å². The lowest BCUT2D eigenvalue weighted by atomic mass is 10.1. The molecular weight excluding hydrogens is 345 g/mol. The van der Waals surface area contributed by atoms with Crippen LogP contribution in [0.5, 0.6) is 0 Å². The summed E-state index contributed by atoms with van der Waals surface area (Å²) in [6.07, 6.45) is -4.54. The summed E-state index contributed by atoms with van der Waals surface area (Å²) in [6.45, 7) is 2.68. The Morgan fingerprint density at radius 2 is 1.81 bits per heavy atom. The van der Waals surface area contributed by atoms with Crippen LogP contribution in [0.4, 0.5) is 24.5 Å². The van der Waals surface area contributed by atoms with Crippen molar-refractivity contribution >= 4 is 17.3 Å². The Morgan fingerprint density at radius 3 is 2.54 bits per heavy atom. The van der Waals surface area contributed by atoms with E-state index < -0.39 is 11.7 Å². The minimum atomic E-state index is -4.42. The zero-order valence-electron chi connectivity index (χ0n) is 14.1. The maximum atomic E-state index is 12.8. The highest BCUT2D eigenvalue weighted by molar-refractivity contribution is 5.95. The van der Waals surface area contributed by atoms with Gasteiger partial charge in [0.2, 0.25) is 5.91 Å². The van der Waals surface area contributed by atoms with E-state index in [1.807, 2.05) is 18.2 Å². The Bertz CT molecular complexity index is 771. The van der Waals surface area contributed by atoms with Gasteiger partial charge in [-0.25, -0.2) is 0 Å². The van der Waals surface area contributed by atoms with Crippen molar-refractivity contribution in [2.75, 3.05) is 36.5 Å². The van der Waals surface area contributed by atoms with Crippen LogP contribution in [0.15, 0.2) is 48.5 Å². The third-order valence-electron chi connectivity index (χ3n) is 4.15. The van der Waals surface area contributed by atoms with Crippen LogP contribution < -0.4 is 10.2 Å². The monoisotopic (exact) mass is 364 g/mol. The quantitative estimate of drug-likeness (QED) is 0.899. The number of ether oxygens (including phenoxy) is 1. The van der Waals surface area contributed by atoms with Gasteiger partial charge in [-0.2, -0.15) is 13.2 Å². The van der Waals surface area contributed by atoms with Crippen molar-refractivity contribution in [2.24, 2.45) is 0 Å². The number of carbonyl (C=O) groups is 1. The predicted molar refractivity (Wildman–Crippen MR) is 93.3 cm³/mol. The van der Waals surface area contributed by atoms with E-state index in [2.05, 4.69) is 10.2 Å². The van der Waals surface area contributed by atoms with Crippen molar-refractivity contribution < 1.29 is 22.7 Å². The van der Waals surface area contributed by atoms with Gasteiger partial charge in [0, 0.05) is 13.1 Å². The number of rotatable bonds is 4. The standard InChI is InChI=1S/C19H19F3N2O2/c20-19(21,22)15-5-3-4-14(12-15)13-18(25)23-16-6-1-2-7-17(16)24-8-10-26-11-9-24/h1-7,12H,8-11,13H2,(H,23,25). The normalized spacial score (nSPS) is 15.0. The number of alkyl halides is 3. The zero-order chi connectivity index (χ0) is 18.6. The van der Waals surface area contributed by atoms with Crippen LogP contribution in [-0.2, 0) is 22.1 Å². The molecule has 4 nitrogen and oxygen atoms in total. The fraction of sp³-hybridized carbons (Fsp3) is 0.316. The van der Waals surface area contributed by atoms with E-state index in [4.69, 9.17) is 4.74 Å². The van der Waals surface area contributed by atoms with E-state index in [9.17, 15) is 18.0 Å². The fourth-order valence-corrected chi connectivity index (χ4v) is 2.90. The maximum Gasteiger partial charge on any atom is 0.416 e. The van der Waals surface area contributed by atoms with Crippen molar-refractivity contribution in [3.05, 3.63) is 59.7 Å². The largest absolute Gasteiger partial charge is 0.416 e. The van der Waals surface area contributed by atoms with Crippen molar-refractivity contribution in [1.29, 1.82) is 0 Å². The van der Waals surface area contributed by atoms with Gasteiger partial charge in [0.15, 0.2) is 0 Å². The summed E-state index contributed by atoms with van der Waals surface area (Å²) in [7, 11) is 0. The lowest BCUT2D eigenvalue weighted by molar-refractivity contribution is -0.137. The summed E-state index contributed by atoms with van der Waals surface area (Å²) in [5, 5.41) is 2.81. The number of para-hydroxylation sites is 2. The topological polar surface area (TPSA) is 41.6 Å². The highest BCUT2D eigenvalue weighted by Crippen LogP contribution is 2.30. The molecule has 1 N–H and O–H groups in total. The number of carbonyl (C=O) groups excluding carboxylic acids is 1. The minimum Gasteiger partial charge on any atom is -0.378 e. The molecule has 26 heavy (non-hydrogen) atoms. The first-order valence-corrected chi connectivity index (χ1v) is 8.31. The highest BCUT2D eigenvalue weighted by Gasteiger charge is 2.30. The van der Waals surface area contributed by atoms with Gasteiger partial charge in [-0.15, -0.1) is 0 Å². The van der Waals surface area contributed by atoms with Gasteiger partial charge in [0.05, 0.1) is 36.6 Å². The van der Waals surface area contributed by atoms with Crippen LogP contribution in [0.1, 0.15) is 11.1 Å². The molecule has 0 saturated carbocycles. The Kier molecular flexibility index (Phi) is 5.46. The maximum absolute atomic E-state index is 12.8. The molecule has 0 unspecified atom stereocenters. The van der Waals surface area contributed by atoms with Gasteiger partial charge in [-0.3, -0.25) is 4.79 Å². The molecule has 0 radical (unpaired) electrons. The van der Waals surface area contributed by atoms with Crippen molar-refractivity contribution in [1.82, 2.24) is 0 Å². The van der Waals surface area contributed by atoms with Crippen LogP contribution in [-0.4, -0.2) is 32.2 Å². The molecule has 1 amide bonds. The first-order valence-electron chi connectivity index (χ1n) is 8.31. The van der Waals surface area contributed by atoms with Gasteiger partial charge >= 0.3 is 6.18 Å². The molecule has 1 fully saturated rings. The van der Waals surface area contributed by atoms with Crippen molar-refractivity contribution in [3.8, 4) is 0 Å². The summed E-state index contributed by atoms with van der Waals surface area (Å²) in [6, 6.07) is 12.2. The van der Waals surface area contributed by atoms with Crippen molar-refractivity contribution in [2.45, 2.75) is 12.6 Å². The van der Waals surface area contributed by atoms with Crippen LogP contribution in [0.25, 0.3) is 0 Å². The number of nitrogens with zero attached hydrogens (tertiary/aromatic N) is 1. The minimum absolute atomic E-state index is 0.124. The van der Waals surface area contributed by atoms with Gasteiger partial charge in [0.25, 0.3) is 0 Å². The van der Waals surface area contributed by atoms with Gasteiger partial charge in [-0.05, 0) is 23.8 Å². The first kappa shape index (κ1) is 18.3. The molecule has 7 heteroatoms. The Hall–Kier alpha value is -2.54. The lowest BCUT2D eigenvalue weighted by Crippen LogP contribution is -2.36. The van der Waals surface area contributed by atoms with E-state index in [0.29, 0.717) is 24.5 Å². The Balaban J connectivity index is 1.71. The average molecular weight is 364 g/mol. The van der Waals surface area contributed by atoms with Crippen LogP contribution >= 0.6 is 0 Å². The predicted octanol–water partition coefficient (Wildman–Crippen LogP) is 3.72. The zero-order valence-corrected chi connectivity index (χ0v) is 14.1. The first-order chi connectivity index (χ1) is 12.4. The number of benzene rings is 2. The van der Waals surface area contributed by atoms with E-state index in [-0.39, 0.29) is 12.3 Å². The number of hydrogen-bond donors (Lipinski definition) is 1. The molecule has 1 aliphatic heterocycles. The molecule has 1 saturated heterocycles. The molecule has 0 aliphatic carbocycles. The summed E-state index contributed by atoms with van der Waals surface area (Å²) in [4.78, 5) is 14.5. The molecule has 2 aromatic carbocycles. The highest BCUT2D eigenvalue weighted by atomic mass is 19.4. The van der Waals surface area contributed by atoms with E-state index in [0.717, 1.165) is 30.9 Å². The second-order valence-electron chi connectivity index (χ2n) is 6.04. The molecule has 3 rings (SSSR count). The number of morpholine rings is 1. The molecule has 0 atom stereocenters. The van der Waals surface area contributed by atoms with E-state index >= 15 is 0 Å². The van der Waals surface area contributed by atoms with Gasteiger partial charge < -0.3 is 15.0 Å². The summed E-state index contributed by atoms with van der Waals surface area (Å²) < 4.78 is 43.7. The summed E-state index contributed by atoms with van der Waals surface area (Å²) in [5.74, 6) is -0.356. The number of anilines is 2. The summed E-state index contributed by atoms with van der Waals surface area (Å²) in [5.41, 5.74) is 1.09.